The quantitative estimate of drug-likeness (QED) is 0.711. The summed E-state index contributed by atoms with van der Waals surface area (Å²) in [4.78, 5) is 14.5. The van der Waals surface area contributed by atoms with E-state index < -0.39 is 10.0 Å². The van der Waals surface area contributed by atoms with Crippen molar-refractivity contribution in [3.63, 3.8) is 0 Å². The minimum atomic E-state index is -3.50. The molecule has 4 rings (SSSR count). The van der Waals surface area contributed by atoms with E-state index in [0.29, 0.717) is 42.5 Å². The predicted molar refractivity (Wildman–Crippen MR) is 105 cm³/mol. The molecule has 2 aliphatic heterocycles. The summed E-state index contributed by atoms with van der Waals surface area (Å²) in [5.74, 6) is 2.22. The molecule has 2 aromatic rings. The van der Waals surface area contributed by atoms with Crippen LogP contribution in [0.15, 0.2) is 47.4 Å². The molecule has 0 aliphatic carbocycles. The van der Waals surface area contributed by atoms with Crippen LogP contribution >= 0.6 is 0 Å². The highest BCUT2D eigenvalue weighted by Crippen LogP contribution is 2.35. The first-order chi connectivity index (χ1) is 13.8. The van der Waals surface area contributed by atoms with Crippen molar-refractivity contribution in [2.24, 2.45) is 5.92 Å². The van der Waals surface area contributed by atoms with Gasteiger partial charge >= 0.3 is 0 Å². The Morgan fingerprint density at radius 3 is 2.48 bits per heavy atom. The van der Waals surface area contributed by atoms with Gasteiger partial charge in [-0.2, -0.15) is 0 Å². The Labute approximate surface area is 169 Å². The van der Waals surface area contributed by atoms with Gasteiger partial charge < -0.3 is 19.1 Å². The first-order valence-electron chi connectivity index (χ1n) is 9.19. The topological polar surface area (TPSA) is 85.4 Å². The molecule has 0 saturated carbocycles. The van der Waals surface area contributed by atoms with Crippen molar-refractivity contribution < 1.29 is 27.4 Å². The molecule has 0 unspecified atom stereocenters. The van der Waals surface area contributed by atoms with Gasteiger partial charge in [0, 0.05) is 44.7 Å². The number of likely N-dealkylation sites (tertiary alicyclic amines) is 1. The summed E-state index contributed by atoms with van der Waals surface area (Å²) >= 11 is 0. The maximum Gasteiger partial charge on any atom is 0.253 e. The Morgan fingerprint density at radius 1 is 1.10 bits per heavy atom. The third kappa shape index (κ3) is 3.88. The van der Waals surface area contributed by atoms with E-state index in [1.165, 1.54) is 26.2 Å². The normalized spacial score (nSPS) is 16.0. The van der Waals surface area contributed by atoms with Crippen molar-refractivity contribution in [2.75, 3.05) is 40.6 Å². The summed E-state index contributed by atoms with van der Waals surface area (Å²) < 4.78 is 41.8. The van der Waals surface area contributed by atoms with Gasteiger partial charge in [-0.25, -0.2) is 12.7 Å². The molecule has 9 heteroatoms. The molecule has 0 radical (unpaired) electrons. The Kier molecular flexibility index (Phi) is 5.10. The maximum absolute atomic E-state index is 12.6. The Morgan fingerprint density at radius 2 is 1.79 bits per heavy atom. The number of carbonyl (C=O) groups excluding carboxylic acids is 1. The van der Waals surface area contributed by atoms with Crippen molar-refractivity contribution in [3.8, 4) is 17.2 Å². The number of rotatable bonds is 6. The number of sulfonamides is 1. The molecule has 0 spiro atoms. The zero-order valence-electron chi connectivity index (χ0n) is 16.2. The molecule has 2 heterocycles. The number of hydrogen-bond acceptors (Lipinski definition) is 6. The molecule has 154 valence electrons. The SMILES string of the molecule is CN(C)S(=O)(=O)c1ccc(C(=O)N2CC(COc3ccc4c(c3)OCO4)C2)cc1. The predicted octanol–water partition coefficient (Wildman–Crippen LogP) is 1.82. The van der Waals surface area contributed by atoms with Gasteiger partial charge in [-0.1, -0.05) is 0 Å². The summed E-state index contributed by atoms with van der Waals surface area (Å²) in [7, 11) is -0.558. The number of hydrogen-bond donors (Lipinski definition) is 0. The number of ether oxygens (including phenoxy) is 3. The average Bonchev–Trinajstić information content (AvgIpc) is 3.14. The lowest BCUT2D eigenvalue weighted by Crippen LogP contribution is -2.52. The molecule has 2 aromatic carbocycles. The summed E-state index contributed by atoms with van der Waals surface area (Å²) in [6.45, 7) is 1.92. The van der Waals surface area contributed by atoms with Gasteiger partial charge in [-0.05, 0) is 36.4 Å². The van der Waals surface area contributed by atoms with Gasteiger partial charge in [-0.3, -0.25) is 4.79 Å². The van der Waals surface area contributed by atoms with E-state index in [0.717, 1.165) is 4.31 Å². The Bertz CT molecular complexity index is 1010. The van der Waals surface area contributed by atoms with Crippen molar-refractivity contribution in [3.05, 3.63) is 48.0 Å². The lowest BCUT2D eigenvalue weighted by molar-refractivity contribution is 0.0393. The number of fused-ring (bicyclic) bond motifs is 1. The van der Waals surface area contributed by atoms with Crippen molar-refractivity contribution >= 4 is 15.9 Å². The molecular weight excluding hydrogens is 396 g/mol. The van der Waals surface area contributed by atoms with E-state index in [-0.39, 0.29) is 23.5 Å². The van der Waals surface area contributed by atoms with Crippen LogP contribution in [-0.4, -0.2) is 64.1 Å². The molecule has 0 N–H and O–H groups in total. The first-order valence-corrected chi connectivity index (χ1v) is 10.6. The minimum absolute atomic E-state index is 0.113. The Hall–Kier alpha value is -2.78. The third-order valence-corrected chi connectivity index (χ3v) is 6.78. The molecule has 8 nitrogen and oxygen atoms in total. The fourth-order valence-corrected chi connectivity index (χ4v) is 4.09. The van der Waals surface area contributed by atoms with Gasteiger partial charge in [0.05, 0.1) is 11.5 Å². The van der Waals surface area contributed by atoms with Crippen molar-refractivity contribution in [2.45, 2.75) is 4.90 Å². The molecule has 29 heavy (non-hydrogen) atoms. The van der Waals surface area contributed by atoms with Gasteiger partial charge in [0.1, 0.15) is 5.75 Å². The molecule has 0 atom stereocenters. The van der Waals surface area contributed by atoms with Crippen LogP contribution in [-0.2, 0) is 10.0 Å². The van der Waals surface area contributed by atoms with E-state index in [1.54, 1.807) is 23.1 Å². The van der Waals surface area contributed by atoms with E-state index in [4.69, 9.17) is 14.2 Å². The highest BCUT2D eigenvalue weighted by Gasteiger charge is 2.32. The van der Waals surface area contributed by atoms with Crippen molar-refractivity contribution in [1.29, 1.82) is 0 Å². The van der Waals surface area contributed by atoms with Crippen LogP contribution in [0, 0.1) is 5.92 Å². The average molecular weight is 418 g/mol. The highest BCUT2D eigenvalue weighted by molar-refractivity contribution is 7.89. The van der Waals surface area contributed by atoms with Gasteiger partial charge in [-0.15, -0.1) is 0 Å². The number of carbonyl (C=O) groups is 1. The molecular formula is C20H22N2O6S. The van der Waals surface area contributed by atoms with Crippen LogP contribution < -0.4 is 14.2 Å². The van der Waals surface area contributed by atoms with Crippen LogP contribution in [0.25, 0.3) is 0 Å². The second-order valence-electron chi connectivity index (χ2n) is 7.21. The second kappa shape index (κ2) is 7.57. The Balaban J connectivity index is 1.29. The molecule has 0 bridgehead atoms. The highest BCUT2D eigenvalue weighted by atomic mass is 32.2. The van der Waals surface area contributed by atoms with Crippen LogP contribution in [0.3, 0.4) is 0 Å². The van der Waals surface area contributed by atoms with Gasteiger partial charge in [0.25, 0.3) is 5.91 Å². The fraction of sp³-hybridized carbons (Fsp3) is 0.350. The zero-order chi connectivity index (χ0) is 20.6. The monoisotopic (exact) mass is 418 g/mol. The van der Waals surface area contributed by atoms with E-state index >= 15 is 0 Å². The van der Waals surface area contributed by atoms with Crippen molar-refractivity contribution in [1.82, 2.24) is 9.21 Å². The minimum Gasteiger partial charge on any atom is -0.493 e. The third-order valence-electron chi connectivity index (χ3n) is 4.95. The summed E-state index contributed by atoms with van der Waals surface area (Å²) in [5, 5.41) is 0. The zero-order valence-corrected chi connectivity index (χ0v) is 17.0. The van der Waals surface area contributed by atoms with Crippen LogP contribution in [0.1, 0.15) is 10.4 Å². The second-order valence-corrected chi connectivity index (χ2v) is 9.37. The molecule has 2 aliphatic rings. The van der Waals surface area contributed by atoms with Crippen LogP contribution in [0.2, 0.25) is 0 Å². The fourth-order valence-electron chi connectivity index (χ4n) is 3.18. The molecule has 1 saturated heterocycles. The van der Waals surface area contributed by atoms with Crippen LogP contribution in [0.4, 0.5) is 0 Å². The lowest BCUT2D eigenvalue weighted by atomic mass is 10.00. The molecule has 0 aromatic heterocycles. The maximum atomic E-state index is 12.6. The van der Waals surface area contributed by atoms with E-state index in [2.05, 4.69) is 0 Å². The van der Waals surface area contributed by atoms with Gasteiger partial charge in [0.2, 0.25) is 16.8 Å². The number of nitrogens with zero attached hydrogens (tertiary/aromatic N) is 2. The summed E-state index contributed by atoms with van der Waals surface area (Å²) in [5.41, 5.74) is 0.470. The van der Waals surface area contributed by atoms with Crippen LogP contribution in [0.5, 0.6) is 17.2 Å². The van der Waals surface area contributed by atoms with Gasteiger partial charge in [0.15, 0.2) is 11.5 Å². The molecule has 1 amide bonds. The number of amides is 1. The largest absolute Gasteiger partial charge is 0.493 e. The van der Waals surface area contributed by atoms with E-state index in [9.17, 15) is 13.2 Å². The number of benzene rings is 2. The summed E-state index contributed by atoms with van der Waals surface area (Å²) in [6.07, 6.45) is 0. The lowest BCUT2D eigenvalue weighted by Gasteiger charge is -2.39. The standard InChI is InChI=1S/C20H22N2O6S/c1-21(2)29(24,25)17-6-3-15(4-7-17)20(23)22-10-14(11-22)12-26-16-5-8-18-19(9-16)28-13-27-18/h3-9,14H,10-13H2,1-2H3. The molecule has 1 fully saturated rings. The van der Waals surface area contributed by atoms with E-state index in [1.807, 2.05) is 12.1 Å². The first kappa shape index (κ1) is 19.5. The summed E-state index contributed by atoms with van der Waals surface area (Å²) in [6, 6.07) is 11.5. The smallest absolute Gasteiger partial charge is 0.253 e.